The van der Waals surface area contributed by atoms with Crippen molar-refractivity contribution in [3.8, 4) is 0 Å². The molecule has 0 atom stereocenters. The molecule has 0 spiro atoms. The topological polar surface area (TPSA) is 0 Å². The summed E-state index contributed by atoms with van der Waals surface area (Å²) >= 11 is 0. The highest BCUT2D eigenvalue weighted by Gasteiger charge is 1.95. The zero-order chi connectivity index (χ0) is 9.94. The lowest BCUT2D eigenvalue weighted by Crippen LogP contribution is -2.11. The highest BCUT2D eigenvalue weighted by molar-refractivity contribution is 7.29. The second kappa shape index (κ2) is 10.7. The van der Waals surface area contributed by atoms with E-state index in [-0.39, 0.29) is 7.83 Å². The van der Waals surface area contributed by atoms with Crippen LogP contribution in [0.15, 0.2) is 0 Å². The van der Waals surface area contributed by atoms with Gasteiger partial charge in [0.25, 0.3) is 0 Å². The monoisotopic (exact) mass is 232 g/mol. The van der Waals surface area contributed by atoms with Crippen LogP contribution < -0.4 is 0 Å². The van der Waals surface area contributed by atoms with Crippen molar-refractivity contribution in [2.45, 2.75) is 64.3 Å². The molecule has 0 fully saturated rings. The fourth-order valence-corrected chi connectivity index (χ4v) is 5.24. The lowest BCUT2D eigenvalue weighted by Gasteiger charge is -2.03. The molecule has 0 radical (unpaired) electrons. The minimum Gasteiger partial charge on any atom is -0.0654 e. The quantitative estimate of drug-likeness (QED) is 0.412. The van der Waals surface area contributed by atoms with Crippen LogP contribution in [0.2, 0.25) is 6.04 Å². The van der Waals surface area contributed by atoms with Crippen LogP contribution >= 0.6 is 0 Å². The highest BCUT2D eigenvalue weighted by Crippen LogP contribution is 2.09. The third kappa shape index (κ3) is 12.7. The Hall–Kier alpha value is 0.651. The molecule has 0 bridgehead atoms. The molecular formula is C10H28Si3. The van der Waals surface area contributed by atoms with Gasteiger partial charge in [-0.05, 0) is 19.5 Å². The van der Waals surface area contributed by atoms with Crippen molar-refractivity contribution in [3.63, 3.8) is 0 Å². The summed E-state index contributed by atoms with van der Waals surface area (Å²) in [6.07, 6.45) is 12.0. The maximum absolute atomic E-state index is 2.29. The maximum atomic E-state index is 2.29. The van der Waals surface area contributed by atoms with Crippen LogP contribution in [-0.2, 0) is 0 Å². The molecule has 0 saturated heterocycles. The molecule has 0 N–H and O–H groups in total. The Balaban J connectivity index is 2.84. The van der Waals surface area contributed by atoms with Crippen LogP contribution in [-0.4, -0.2) is 27.4 Å². The van der Waals surface area contributed by atoms with Crippen LogP contribution in [0.4, 0.5) is 0 Å². The minimum atomic E-state index is 0.0373. The molecule has 0 aromatic rings. The first-order valence-electron chi connectivity index (χ1n) is 6.27. The Morgan fingerprint density at radius 3 is 1.69 bits per heavy atom. The van der Waals surface area contributed by atoms with Gasteiger partial charge < -0.3 is 0 Å². The molecule has 13 heavy (non-hydrogen) atoms. The summed E-state index contributed by atoms with van der Waals surface area (Å²) in [7, 11) is 3.22. The van der Waals surface area contributed by atoms with Crippen LogP contribution in [0, 0.1) is 0 Å². The predicted octanol–water partition coefficient (Wildman–Crippen LogP) is 1.08. The summed E-state index contributed by atoms with van der Waals surface area (Å²) in [6, 6.07) is 1.69. The third-order valence-electron chi connectivity index (χ3n) is 2.64. The highest BCUT2D eigenvalue weighted by atomic mass is 29.5. The van der Waals surface area contributed by atoms with Crippen LogP contribution in [0.1, 0.15) is 58.3 Å². The van der Waals surface area contributed by atoms with E-state index in [1.54, 1.807) is 38.4 Å². The summed E-state index contributed by atoms with van der Waals surface area (Å²) in [5, 5.41) is 0. The maximum Gasteiger partial charge on any atom is 0.00529 e. The first-order chi connectivity index (χ1) is 6.27. The predicted molar refractivity (Wildman–Crippen MR) is 74.4 cm³/mol. The van der Waals surface area contributed by atoms with E-state index in [9.17, 15) is 0 Å². The molecule has 0 aromatic heterocycles. The van der Waals surface area contributed by atoms with Gasteiger partial charge in [0.15, 0.2) is 0 Å². The Morgan fingerprint density at radius 1 is 0.769 bits per heavy atom. The van der Waals surface area contributed by atoms with E-state index < -0.39 is 0 Å². The Bertz CT molecular complexity index is 94.2. The molecule has 0 amide bonds. The van der Waals surface area contributed by atoms with Crippen LogP contribution in [0.3, 0.4) is 0 Å². The van der Waals surface area contributed by atoms with Crippen molar-refractivity contribution in [1.29, 1.82) is 0 Å². The van der Waals surface area contributed by atoms with Gasteiger partial charge in [0.05, 0.1) is 0 Å². The van der Waals surface area contributed by atoms with E-state index >= 15 is 0 Å². The van der Waals surface area contributed by atoms with E-state index in [4.69, 9.17) is 0 Å². The SMILES string of the molecule is CCCCCCCCCC[SiH]([SiH3])[SiH3]. The summed E-state index contributed by atoms with van der Waals surface area (Å²) in [5.74, 6) is 0. The zero-order valence-corrected chi connectivity index (χ0v) is 15.1. The van der Waals surface area contributed by atoms with E-state index in [0.717, 1.165) is 0 Å². The van der Waals surface area contributed by atoms with Crippen molar-refractivity contribution in [1.82, 2.24) is 0 Å². The van der Waals surface area contributed by atoms with Crippen molar-refractivity contribution >= 4 is 27.4 Å². The molecule has 0 aliphatic heterocycles. The van der Waals surface area contributed by atoms with Crippen molar-refractivity contribution in [2.75, 3.05) is 0 Å². The largest absolute Gasteiger partial charge is 0.0654 e. The summed E-state index contributed by atoms with van der Waals surface area (Å²) in [4.78, 5) is 0. The molecule has 80 valence electrons. The Morgan fingerprint density at radius 2 is 1.23 bits per heavy atom. The standard InChI is InChI=1S/C10H28Si3/c1-2-3-4-5-6-7-8-9-10-13(11)12/h13H,2-10H2,1,11-12H3. The van der Waals surface area contributed by atoms with Crippen molar-refractivity contribution in [3.05, 3.63) is 0 Å². The van der Waals surface area contributed by atoms with Crippen LogP contribution in [0.25, 0.3) is 0 Å². The summed E-state index contributed by atoms with van der Waals surface area (Å²) < 4.78 is 0. The van der Waals surface area contributed by atoms with Gasteiger partial charge in [-0.2, -0.15) is 0 Å². The second-order valence-corrected chi connectivity index (χ2v) is 26.8. The minimum absolute atomic E-state index is 0.0373. The van der Waals surface area contributed by atoms with Gasteiger partial charge in [-0.15, -0.1) is 0 Å². The molecule has 0 heterocycles. The zero-order valence-electron chi connectivity index (χ0n) is 9.94. The van der Waals surface area contributed by atoms with Gasteiger partial charge in [-0.25, -0.2) is 0 Å². The van der Waals surface area contributed by atoms with E-state index in [0.29, 0.717) is 0 Å². The van der Waals surface area contributed by atoms with Crippen molar-refractivity contribution < 1.29 is 0 Å². The van der Waals surface area contributed by atoms with Crippen LogP contribution in [0.5, 0.6) is 0 Å². The third-order valence-corrected chi connectivity index (χ3v) is 7.66. The summed E-state index contributed by atoms with van der Waals surface area (Å²) in [6.45, 7) is 2.29. The molecule has 0 unspecified atom stereocenters. The van der Waals surface area contributed by atoms with Gasteiger partial charge in [-0.3, -0.25) is 0 Å². The van der Waals surface area contributed by atoms with Gasteiger partial charge in [0.2, 0.25) is 0 Å². The van der Waals surface area contributed by atoms with E-state index in [1.165, 1.54) is 38.5 Å². The number of hydrogen-bond acceptors (Lipinski definition) is 0. The fraction of sp³-hybridized carbons (Fsp3) is 1.00. The normalized spacial score (nSPS) is 13.6. The first kappa shape index (κ1) is 13.7. The molecule has 0 aliphatic carbocycles. The van der Waals surface area contributed by atoms with Gasteiger partial charge >= 0.3 is 0 Å². The second-order valence-electron chi connectivity index (χ2n) is 4.66. The molecule has 0 aliphatic rings. The molecule has 0 nitrogen and oxygen atoms in total. The van der Waals surface area contributed by atoms with Gasteiger partial charge in [-0.1, -0.05) is 64.3 Å². The molecule has 0 saturated carbocycles. The number of hydrogen-bond donors (Lipinski definition) is 0. The van der Waals surface area contributed by atoms with Gasteiger partial charge in [0, 0.05) is 7.83 Å². The summed E-state index contributed by atoms with van der Waals surface area (Å²) in [5.41, 5.74) is 0. The molecular weight excluding hydrogens is 204 g/mol. The Labute approximate surface area is 91.9 Å². The number of unbranched alkanes of at least 4 members (excludes halogenated alkanes) is 7. The molecule has 0 rings (SSSR count). The van der Waals surface area contributed by atoms with E-state index in [1.807, 2.05) is 0 Å². The number of rotatable bonds is 9. The molecule has 0 aromatic carbocycles. The fourth-order valence-electron chi connectivity index (χ4n) is 1.69. The average Bonchev–Trinajstić information content (AvgIpc) is 2.09. The Kier molecular flexibility index (Phi) is 11.3. The lowest BCUT2D eigenvalue weighted by atomic mass is 10.1. The molecule has 3 heteroatoms. The van der Waals surface area contributed by atoms with E-state index in [2.05, 4.69) is 6.92 Å². The van der Waals surface area contributed by atoms with Gasteiger partial charge in [0.1, 0.15) is 0 Å². The van der Waals surface area contributed by atoms with Crippen molar-refractivity contribution in [2.24, 2.45) is 0 Å². The smallest absolute Gasteiger partial charge is 0.00529 e. The first-order valence-corrected chi connectivity index (χ1v) is 16.3. The average molecular weight is 233 g/mol. The lowest BCUT2D eigenvalue weighted by molar-refractivity contribution is 0.585.